The van der Waals surface area contributed by atoms with Crippen molar-refractivity contribution >= 4 is 17.3 Å². The zero-order valence-corrected chi connectivity index (χ0v) is 10.7. The van der Waals surface area contributed by atoms with E-state index in [4.69, 9.17) is 16.3 Å². The molecule has 0 aliphatic rings. The lowest BCUT2D eigenvalue weighted by Crippen LogP contribution is -2.00. The molecule has 2 rings (SSSR count). The Morgan fingerprint density at radius 2 is 1.85 bits per heavy atom. The van der Waals surface area contributed by atoms with E-state index in [-0.39, 0.29) is 17.4 Å². The van der Waals surface area contributed by atoms with E-state index in [1.165, 1.54) is 24.3 Å². The van der Waals surface area contributed by atoms with E-state index in [0.717, 1.165) is 6.07 Å². The normalized spacial score (nSPS) is 10.3. The lowest BCUT2D eigenvalue weighted by molar-refractivity contribution is -0.386. The average Bonchev–Trinajstić information content (AvgIpc) is 2.41. The first-order valence-corrected chi connectivity index (χ1v) is 5.86. The molecule has 7 heteroatoms. The molecule has 0 bridgehead atoms. The van der Waals surface area contributed by atoms with E-state index >= 15 is 0 Å². The molecule has 0 radical (unpaired) electrons. The van der Waals surface area contributed by atoms with Crippen molar-refractivity contribution in [3.63, 3.8) is 0 Å². The summed E-state index contributed by atoms with van der Waals surface area (Å²) in [6.07, 6.45) is 0. The van der Waals surface area contributed by atoms with Gasteiger partial charge in [0.2, 0.25) is 0 Å². The fraction of sp³-hybridized carbons (Fsp3) is 0.0769. The van der Waals surface area contributed by atoms with E-state index < -0.39 is 22.2 Å². The second-order valence-electron chi connectivity index (χ2n) is 3.91. The molecule has 0 heterocycles. The van der Waals surface area contributed by atoms with Crippen molar-refractivity contribution in [3.05, 3.63) is 68.7 Å². The molecule has 2 aromatic rings. The highest BCUT2D eigenvalue weighted by molar-refractivity contribution is 6.31. The van der Waals surface area contributed by atoms with Gasteiger partial charge in [0.25, 0.3) is 0 Å². The predicted octanol–water partition coefficient (Wildman–Crippen LogP) is 4.11. The number of nitro benzene ring substituents is 1. The average molecular weight is 300 g/mol. The molecule has 20 heavy (non-hydrogen) atoms. The number of benzene rings is 2. The molecule has 0 fully saturated rings. The highest BCUT2D eigenvalue weighted by atomic mass is 35.5. The summed E-state index contributed by atoms with van der Waals surface area (Å²) in [5, 5.41) is 10.5. The van der Waals surface area contributed by atoms with Crippen molar-refractivity contribution in [1.29, 1.82) is 0 Å². The van der Waals surface area contributed by atoms with Crippen LogP contribution in [-0.2, 0) is 6.61 Å². The zero-order valence-electron chi connectivity index (χ0n) is 9.98. The smallest absolute Gasteiger partial charge is 0.313 e. The van der Waals surface area contributed by atoms with Crippen molar-refractivity contribution in [2.45, 2.75) is 6.61 Å². The van der Waals surface area contributed by atoms with Gasteiger partial charge in [-0.1, -0.05) is 23.7 Å². The van der Waals surface area contributed by atoms with Crippen LogP contribution in [0.1, 0.15) is 5.56 Å². The number of hydrogen-bond acceptors (Lipinski definition) is 3. The van der Waals surface area contributed by atoms with Gasteiger partial charge in [0.15, 0.2) is 5.75 Å². The van der Waals surface area contributed by atoms with Gasteiger partial charge in [-0.15, -0.1) is 0 Å². The number of rotatable bonds is 4. The molecule has 0 unspecified atom stereocenters. The second-order valence-corrected chi connectivity index (χ2v) is 4.31. The zero-order chi connectivity index (χ0) is 14.7. The fourth-order valence-corrected chi connectivity index (χ4v) is 1.67. The Morgan fingerprint density at radius 3 is 2.45 bits per heavy atom. The van der Waals surface area contributed by atoms with Gasteiger partial charge < -0.3 is 4.74 Å². The Morgan fingerprint density at radius 1 is 1.20 bits per heavy atom. The Labute approximate surface area is 117 Å². The molecule has 0 aliphatic carbocycles. The molecular formula is C13H8ClF2NO3. The van der Waals surface area contributed by atoms with Gasteiger partial charge in [-0.2, -0.15) is 0 Å². The molecule has 0 saturated carbocycles. The van der Waals surface area contributed by atoms with Gasteiger partial charge >= 0.3 is 5.69 Å². The third-order valence-corrected chi connectivity index (χ3v) is 2.80. The number of ether oxygens (including phenoxy) is 1. The van der Waals surface area contributed by atoms with E-state index in [9.17, 15) is 18.9 Å². The second kappa shape index (κ2) is 5.83. The minimum Gasteiger partial charge on any atom is -0.482 e. The third-order valence-electron chi connectivity index (χ3n) is 2.51. The molecule has 0 aliphatic heterocycles. The quantitative estimate of drug-likeness (QED) is 0.630. The SMILES string of the molecule is O=[N+]([O-])c1cc(F)c(Cl)cc1OCc1ccc(F)cc1. The van der Waals surface area contributed by atoms with Gasteiger partial charge in [0.1, 0.15) is 18.2 Å². The van der Waals surface area contributed by atoms with Gasteiger partial charge in [0, 0.05) is 6.07 Å². The number of nitrogens with zero attached hydrogens (tertiary/aromatic N) is 1. The minimum absolute atomic E-state index is 0.0247. The Balaban J connectivity index is 2.22. The number of nitro groups is 1. The van der Waals surface area contributed by atoms with Crippen LogP contribution in [0.3, 0.4) is 0 Å². The van der Waals surface area contributed by atoms with Crippen molar-refractivity contribution in [1.82, 2.24) is 0 Å². The summed E-state index contributed by atoms with van der Waals surface area (Å²) in [7, 11) is 0. The van der Waals surface area contributed by atoms with Gasteiger partial charge in [-0.25, -0.2) is 8.78 Å². The van der Waals surface area contributed by atoms with Crippen molar-refractivity contribution < 1.29 is 18.4 Å². The molecule has 4 nitrogen and oxygen atoms in total. The van der Waals surface area contributed by atoms with Crippen LogP contribution < -0.4 is 4.74 Å². The summed E-state index contributed by atoms with van der Waals surface area (Å²) in [5.41, 5.74) is 0.0927. The molecule has 0 amide bonds. The first-order chi connectivity index (χ1) is 9.47. The van der Waals surface area contributed by atoms with E-state index in [0.29, 0.717) is 11.6 Å². The number of hydrogen-bond donors (Lipinski definition) is 0. The van der Waals surface area contributed by atoms with Crippen LogP contribution >= 0.6 is 11.6 Å². The fourth-order valence-electron chi connectivity index (χ4n) is 1.52. The molecule has 0 atom stereocenters. The maximum Gasteiger partial charge on any atom is 0.313 e. The molecular weight excluding hydrogens is 292 g/mol. The van der Waals surface area contributed by atoms with Crippen LogP contribution in [0.25, 0.3) is 0 Å². The molecule has 104 valence electrons. The Bertz CT molecular complexity index is 647. The van der Waals surface area contributed by atoms with E-state index in [2.05, 4.69) is 0 Å². The van der Waals surface area contributed by atoms with Crippen molar-refractivity contribution in [2.75, 3.05) is 0 Å². The van der Waals surface area contributed by atoms with Crippen LogP contribution in [0.15, 0.2) is 36.4 Å². The third kappa shape index (κ3) is 3.21. The van der Waals surface area contributed by atoms with Gasteiger partial charge in [0.05, 0.1) is 16.0 Å². The summed E-state index contributed by atoms with van der Waals surface area (Å²) in [6, 6.07) is 7.18. The van der Waals surface area contributed by atoms with Crippen molar-refractivity contribution in [3.8, 4) is 5.75 Å². The van der Waals surface area contributed by atoms with Crippen molar-refractivity contribution in [2.24, 2.45) is 0 Å². The Kier molecular flexibility index (Phi) is 4.14. The molecule has 0 N–H and O–H groups in total. The van der Waals surface area contributed by atoms with Crippen LogP contribution in [0, 0.1) is 21.7 Å². The highest BCUT2D eigenvalue weighted by Crippen LogP contribution is 2.32. The van der Waals surface area contributed by atoms with Gasteiger partial charge in [-0.3, -0.25) is 10.1 Å². The van der Waals surface area contributed by atoms with Gasteiger partial charge in [-0.05, 0) is 17.7 Å². The minimum atomic E-state index is -0.896. The molecule has 0 saturated heterocycles. The topological polar surface area (TPSA) is 52.4 Å². The maximum atomic E-state index is 13.2. The van der Waals surface area contributed by atoms with Crippen LogP contribution in [0.4, 0.5) is 14.5 Å². The summed E-state index contributed by atoms with van der Waals surface area (Å²) >= 11 is 5.57. The summed E-state index contributed by atoms with van der Waals surface area (Å²) in [6.45, 7) is -0.0247. The van der Waals surface area contributed by atoms with Crippen LogP contribution in [0.2, 0.25) is 5.02 Å². The molecule has 2 aromatic carbocycles. The monoisotopic (exact) mass is 299 g/mol. The first-order valence-electron chi connectivity index (χ1n) is 5.48. The van der Waals surface area contributed by atoms with Crippen LogP contribution in [0.5, 0.6) is 5.75 Å². The molecule has 0 aromatic heterocycles. The lowest BCUT2D eigenvalue weighted by Gasteiger charge is -2.07. The lowest BCUT2D eigenvalue weighted by atomic mass is 10.2. The number of halogens is 3. The summed E-state index contributed by atoms with van der Waals surface area (Å²) in [5.74, 6) is -1.44. The highest BCUT2D eigenvalue weighted by Gasteiger charge is 2.19. The standard InChI is InChI=1S/C13H8ClF2NO3/c14-10-5-13(12(17(18)19)6-11(10)16)20-7-8-1-3-9(15)4-2-8/h1-6H,7H2. The predicted molar refractivity (Wildman–Crippen MR) is 68.8 cm³/mol. The molecule has 0 spiro atoms. The first kappa shape index (κ1) is 14.2. The van der Waals surface area contributed by atoms with E-state index in [1.807, 2.05) is 0 Å². The van der Waals surface area contributed by atoms with Crippen LogP contribution in [-0.4, -0.2) is 4.92 Å². The largest absolute Gasteiger partial charge is 0.482 e. The summed E-state index contributed by atoms with van der Waals surface area (Å²) in [4.78, 5) is 10.0. The van der Waals surface area contributed by atoms with E-state index in [1.54, 1.807) is 0 Å². The summed E-state index contributed by atoms with van der Waals surface area (Å²) < 4.78 is 31.2. The Hall–Kier alpha value is -2.21. The maximum absolute atomic E-state index is 13.2.